The van der Waals surface area contributed by atoms with E-state index in [0.717, 1.165) is 11.5 Å². The molecular weight excluding hydrogens is 248 g/mol. The Morgan fingerprint density at radius 2 is 1.70 bits per heavy atom. The summed E-state index contributed by atoms with van der Waals surface area (Å²) in [5.41, 5.74) is 4.52. The van der Waals surface area contributed by atoms with E-state index in [2.05, 4.69) is 57.2 Å². The molecule has 0 bridgehead atoms. The van der Waals surface area contributed by atoms with E-state index in [9.17, 15) is 0 Å². The molecule has 0 aliphatic carbocycles. The lowest BCUT2D eigenvalue weighted by molar-refractivity contribution is 0.0427. The van der Waals surface area contributed by atoms with Gasteiger partial charge in [-0.1, -0.05) is 36.4 Å². The predicted octanol–water partition coefficient (Wildman–Crippen LogP) is 4.09. The summed E-state index contributed by atoms with van der Waals surface area (Å²) in [7, 11) is 0. The van der Waals surface area contributed by atoms with E-state index in [4.69, 9.17) is 9.47 Å². The lowest BCUT2D eigenvalue weighted by Gasteiger charge is -2.37. The first-order valence-corrected chi connectivity index (χ1v) is 7.12. The zero-order chi connectivity index (χ0) is 13.9. The monoisotopic (exact) mass is 266 g/mol. The van der Waals surface area contributed by atoms with E-state index >= 15 is 0 Å². The molecule has 102 valence electrons. The van der Waals surface area contributed by atoms with E-state index in [-0.39, 0.29) is 11.5 Å². The molecule has 2 heteroatoms. The molecule has 20 heavy (non-hydrogen) atoms. The van der Waals surface area contributed by atoms with Gasteiger partial charge in [0.25, 0.3) is 0 Å². The van der Waals surface area contributed by atoms with Crippen molar-refractivity contribution in [3.8, 4) is 11.5 Å². The van der Waals surface area contributed by atoms with Crippen molar-refractivity contribution in [2.75, 3.05) is 6.61 Å². The van der Waals surface area contributed by atoms with Gasteiger partial charge in [-0.3, -0.25) is 0 Å². The quantitative estimate of drug-likeness (QED) is 0.715. The fourth-order valence-electron chi connectivity index (χ4n) is 3.56. The first-order chi connectivity index (χ1) is 9.61. The van der Waals surface area contributed by atoms with Gasteiger partial charge in [-0.25, -0.2) is 0 Å². The highest BCUT2D eigenvalue weighted by atomic mass is 16.5. The summed E-state index contributed by atoms with van der Waals surface area (Å²) in [5.74, 6) is 2.31. The first kappa shape index (κ1) is 11.8. The Labute approximate surface area is 119 Å². The number of fused-ring (bicyclic) bond motifs is 5. The minimum atomic E-state index is -0.311. The molecule has 0 spiro atoms. The number of benzene rings is 2. The van der Waals surface area contributed by atoms with Gasteiger partial charge in [0.15, 0.2) is 0 Å². The smallest absolute Gasteiger partial charge is 0.145 e. The van der Waals surface area contributed by atoms with Crippen molar-refractivity contribution in [1.82, 2.24) is 0 Å². The molecule has 2 aliphatic heterocycles. The van der Waals surface area contributed by atoms with Crippen LogP contribution in [0.3, 0.4) is 0 Å². The van der Waals surface area contributed by atoms with E-state index in [1.54, 1.807) is 0 Å². The summed E-state index contributed by atoms with van der Waals surface area (Å²) in [6, 6.07) is 12.7. The molecule has 2 aliphatic rings. The zero-order valence-electron chi connectivity index (χ0n) is 12.1. The standard InChI is InChI=1S/C18H18O2/c1-11-6-4-8-13-15-10-19-17-12(2)7-5-9-14(17)18(15,3)20-16(11)13/h4-9,15H,10H2,1-3H3. The molecule has 2 aromatic rings. The van der Waals surface area contributed by atoms with Crippen LogP contribution in [0.5, 0.6) is 11.5 Å². The Balaban J connectivity index is 1.94. The molecule has 0 N–H and O–H groups in total. The second kappa shape index (κ2) is 3.78. The van der Waals surface area contributed by atoms with Crippen LogP contribution in [0.1, 0.15) is 35.1 Å². The molecule has 0 saturated carbocycles. The van der Waals surface area contributed by atoms with Gasteiger partial charge >= 0.3 is 0 Å². The van der Waals surface area contributed by atoms with Crippen molar-refractivity contribution in [2.24, 2.45) is 0 Å². The molecule has 2 aromatic carbocycles. The second-order valence-electron chi connectivity index (χ2n) is 6.02. The normalized spacial score (nSPS) is 26.1. The fourth-order valence-corrected chi connectivity index (χ4v) is 3.56. The van der Waals surface area contributed by atoms with Crippen molar-refractivity contribution in [3.63, 3.8) is 0 Å². The molecule has 2 unspecified atom stereocenters. The Morgan fingerprint density at radius 3 is 2.50 bits per heavy atom. The molecule has 0 fully saturated rings. The average Bonchev–Trinajstić information content (AvgIpc) is 2.74. The number of hydrogen-bond acceptors (Lipinski definition) is 2. The number of hydrogen-bond donors (Lipinski definition) is 0. The van der Waals surface area contributed by atoms with Crippen LogP contribution in [-0.2, 0) is 5.60 Å². The predicted molar refractivity (Wildman–Crippen MR) is 78.6 cm³/mol. The van der Waals surface area contributed by atoms with Gasteiger partial charge in [0.1, 0.15) is 17.1 Å². The van der Waals surface area contributed by atoms with Gasteiger partial charge in [-0.15, -0.1) is 0 Å². The Hall–Kier alpha value is -1.96. The van der Waals surface area contributed by atoms with Crippen molar-refractivity contribution < 1.29 is 9.47 Å². The molecule has 0 saturated heterocycles. The highest BCUT2D eigenvalue weighted by Crippen LogP contribution is 2.55. The van der Waals surface area contributed by atoms with Crippen molar-refractivity contribution in [2.45, 2.75) is 32.3 Å². The van der Waals surface area contributed by atoms with Gasteiger partial charge in [0.2, 0.25) is 0 Å². The van der Waals surface area contributed by atoms with Crippen LogP contribution in [0.15, 0.2) is 36.4 Å². The molecule has 2 heterocycles. The molecule has 2 atom stereocenters. The second-order valence-corrected chi connectivity index (χ2v) is 6.02. The van der Waals surface area contributed by atoms with Crippen LogP contribution in [0, 0.1) is 13.8 Å². The topological polar surface area (TPSA) is 18.5 Å². The average molecular weight is 266 g/mol. The highest BCUT2D eigenvalue weighted by Gasteiger charge is 2.51. The van der Waals surface area contributed by atoms with E-state index in [0.29, 0.717) is 6.61 Å². The number of ether oxygens (including phenoxy) is 2. The third-order valence-corrected chi connectivity index (χ3v) is 4.74. The Morgan fingerprint density at radius 1 is 1.00 bits per heavy atom. The third-order valence-electron chi connectivity index (χ3n) is 4.74. The Bertz CT molecular complexity index is 705. The van der Waals surface area contributed by atoms with Gasteiger partial charge in [-0.05, 0) is 31.9 Å². The van der Waals surface area contributed by atoms with Crippen molar-refractivity contribution >= 4 is 0 Å². The number of aryl methyl sites for hydroxylation is 2. The highest BCUT2D eigenvalue weighted by molar-refractivity contribution is 5.55. The van der Waals surface area contributed by atoms with Crippen LogP contribution >= 0.6 is 0 Å². The summed E-state index contributed by atoms with van der Waals surface area (Å²) in [4.78, 5) is 0. The molecule has 4 rings (SSSR count). The first-order valence-electron chi connectivity index (χ1n) is 7.12. The van der Waals surface area contributed by atoms with Crippen LogP contribution in [0.2, 0.25) is 0 Å². The van der Waals surface area contributed by atoms with Crippen molar-refractivity contribution in [1.29, 1.82) is 0 Å². The molecule has 2 nitrogen and oxygen atoms in total. The summed E-state index contributed by atoms with van der Waals surface area (Å²) in [6.45, 7) is 7.08. The Kier molecular flexibility index (Phi) is 2.24. The van der Waals surface area contributed by atoms with Gasteiger partial charge < -0.3 is 9.47 Å². The third kappa shape index (κ3) is 1.34. The van der Waals surface area contributed by atoms with Crippen LogP contribution in [-0.4, -0.2) is 6.61 Å². The molecule has 0 aromatic heterocycles. The van der Waals surface area contributed by atoms with Gasteiger partial charge in [-0.2, -0.15) is 0 Å². The van der Waals surface area contributed by atoms with Gasteiger partial charge in [0.05, 0.1) is 12.5 Å². The summed E-state index contributed by atoms with van der Waals surface area (Å²) >= 11 is 0. The largest absolute Gasteiger partial charge is 0.492 e. The molecular formula is C18H18O2. The van der Waals surface area contributed by atoms with Crippen LogP contribution in [0.4, 0.5) is 0 Å². The van der Waals surface area contributed by atoms with Crippen LogP contribution < -0.4 is 9.47 Å². The van der Waals surface area contributed by atoms with Crippen LogP contribution in [0.25, 0.3) is 0 Å². The van der Waals surface area contributed by atoms with E-state index < -0.39 is 0 Å². The lowest BCUT2D eigenvalue weighted by atomic mass is 9.78. The summed E-state index contributed by atoms with van der Waals surface area (Å²) in [5, 5.41) is 0. The minimum Gasteiger partial charge on any atom is -0.492 e. The van der Waals surface area contributed by atoms with E-state index in [1.165, 1.54) is 22.3 Å². The fraction of sp³-hybridized carbons (Fsp3) is 0.333. The summed E-state index contributed by atoms with van der Waals surface area (Å²) < 4.78 is 12.5. The maximum absolute atomic E-state index is 6.43. The maximum atomic E-state index is 6.43. The zero-order valence-corrected chi connectivity index (χ0v) is 12.1. The van der Waals surface area contributed by atoms with E-state index in [1.807, 2.05) is 0 Å². The lowest BCUT2D eigenvalue weighted by Crippen LogP contribution is -2.39. The molecule has 0 radical (unpaired) electrons. The van der Waals surface area contributed by atoms with Gasteiger partial charge in [0, 0.05) is 11.1 Å². The number of rotatable bonds is 0. The minimum absolute atomic E-state index is 0.270. The SMILES string of the molecule is Cc1cccc2c1OC1(C)c3cccc(C)c3OCC21. The number of para-hydroxylation sites is 2. The maximum Gasteiger partial charge on any atom is 0.145 e. The van der Waals surface area contributed by atoms with Crippen molar-refractivity contribution in [3.05, 3.63) is 58.7 Å². The summed E-state index contributed by atoms with van der Waals surface area (Å²) in [6.07, 6.45) is 0. The molecule has 0 amide bonds.